The fourth-order valence-electron chi connectivity index (χ4n) is 2.19. The maximum Gasteiger partial charge on any atom is 0.321 e. The normalized spacial score (nSPS) is 17.0. The summed E-state index contributed by atoms with van der Waals surface area (Å²) in [5.74, 6) is -1.51. The van der Waals surface area contributed by atoms with Crippen LogP contribution in [0.3, 0.4) is 0 Å². The first-order valence-corrected chi connectivity index (χ1v) is 7.95. The molecule has 9 heteroatoms. The number of thiazole rings is 1. The molecule has 0 bridgehead atoms. The second-order valence-corrected chi connectivity index (χ2v) is 6.43. The molecule has 2 N–H and O–H groups in total. The zero-order valence-electron chi connectivity index (χ0n) is 11.9. The van der Waals surface area contributed by atoms with Crippen molar-refractivity contribution in [3.8, 4) is 6.07 Å². The number of nitriles is 1. The first-order chi connectivity index (χ1) is 11.5. The van der Waals surface area contributed by atoms with E-state index in [1.807, 2.05) is 6.07 Å². The fraction of sp³-hybridized carbons (Fsp3) is 0.133. The standard InChI is InChI=1S/C15H9ClF2N4OS/c16-9-2-1-7(6-19)3-11(9)20-14(23)22-15-21-13-10(18)4-8(17)5-12(13)24-15/h1-2,4-5,11H,3H2,(H2,20,21,22,23). The Balaban J connectivity index is 1.72. The molecule has 0 saturated carbocycles. The molecule has 0 fully saturated rings. The van der Waals surface area contributed by atoms with Crippen LogP contribution in [0, 0.1) is 23.0 Å². The van der Waals surface area contributed by atoms with E-state index in [0.29, 0.717) is 10.6 Å². The molecule has 1 unspecified atom stereocenters. The topological polar surface area (TPSA) is 77.8 Å². The number of hydrogen-bond acceptors (Lipinski definition) is 4. The van der Waals surface area contributed by atoms with Crippen LogP contribution < -0.4 is 10.6 Å². The average molecular weight is 367 g/mol. The molecule has 24 heavy (non-hydrogen) atoms. The predicted octanol–water partition coefficient (Wildman–Crippen LogP) is 4.04. The molecule has 2 aromatic rings. The Labute approximate surface area is 144 Å². The Morgan fingerprint density at radius 1 is 1.42 bits per heavy atom. The predicted molar refractivity (Wildman–Crippen MR) is 87.7 cm³/mol. The van der Waals surface area contributed by atoms with E-state index in [0.717, 1.165) is 23.5 Å². The second kappa shape index (κ2) is 6.55. The van der Waals surface area contributed by atoms with Gasteiger partial charge in [-0.3, -0.25) is 5.32 Å². The summed E-state index contributed by atoms with van der Waals surface area (Å²) in [5.41, 5.74) is 0.476. The quantitative estimate of drug-likeness (QED) is 0.842. The molecular formula is C15H9ClF2N4OS. The van der Waals surface area contributed by atoms with Crippen molar-refractivity contribution in [2.24, 2.45) is 0 Å². The van der Waals surface area contributed by atoms with Gasteiger partial charge in [-0.05, 0) is 18.2 Å². The molecule has 3 rings (SSSR count). The van der Waals surface area contributed by atoms with Crippen molar-refractivity contribution in [1.82, 2.24) is 10.3 Å². The number of nitrogens with zero attached hydrogens (tertiary/aromatic N) is 2. The zero-order chi connectivity index (χ0) is 17.3. The van der Waals surface area contributed by atoms with Gasteiger partial charge >= 0.3 is 6.03 Å². The number of amides is 2. The highest BCUT2D eigenvalue weighted by Gasteiger charge is 2.21. The van der Waals surface area contributed by atoms with E-state index >= 15 is 0 Å². The van der Waals surface area contributed by atoms with Gasteiger partial charge in [0.15, 0.2) is 10.9 Å². The van der Waals surface area contributed by atoms with Gasteiger partial charge in [-0.15, -0.1) is 0 Å². The maximum atomic E-state index is 13.6. The number of hydrogen-bond donors (Lipinski definition) is 2. The number of rotatable bonds is 2. The number of carbonyl (C=O) groups excluding carboxylic acids is 1. The number of benzene rings is 1. The third-order valence-corrected chi connectivity index (χ3v) is 4.59. The Morgan fingerprint density at radius 2 is 2.21 bits per heavy atom. The Hall–Kier alpha value is -2.50. The van der Waals surface area contributed by atoms with Crippen molar-refractivity contribution < 1.29 is 13.6 Å². The number of aromatic nitrogens is 1. The number of anilines is 1. The van der Waals surface area contributed by atoms with Crippen molar-refractivity contribution >= 4 is 44.3 Å². The molecule has 1 aliphatic rings. The number of carbonyl (C=O) groups is 1. The molecule has 0 saturated heterocycles. The minimum absolute atomic E-state index is 0.0120. The highest BCUT2D eigenvalue weighted by atomic mass is 35.5. The van der Waals surface area contributed by atoms with Crippen LogP contribution in [0.1, 0.15) is 6.42 Å². The van der Waals surface area contributed by atoms with Crippen molar-refractivity contribution in [3.63, 3.8) is 0 Å². The summed E-state index contributed by atoms with van der Waals surface area (Å²) >= 11 is 6.96. The number of fused-ring (bicyclic) bond motifs is 1. The van der Waals surface area contributed by atoms with Gasteiger partial charge < -0.3 is 5.32 Å². The van der Waals surface area contributed by atoms with Gasteiger partial charge in [-0.1, -0.05) is 22.9 Å². The molecule has 1 aromatic heterocycles. The zero-order valence-corrected chi connectivity index (χ0v) is 13.5. The lowest BCUT2D eigenvalue weighted by Crippen LogP contribution is -2.39. The van der Waals surface area contributed by atoms with E-state index in [2.05, 4.69) is 15.6 Å². The molecule has 5 nitrogen and oxygen atoms in total. The molecule has 1 atom stereocenters. The lowest BCUT2D eigenvalue weighted by atomic mass is 10.0. The molecule has 2 amide bonds. The third-order valence-electron chi connectivity index (χ3n) is 3.28. The highest BCUT2D eigenvalue weighted by molar-refractivity contribution is 7.22. The van der Waals surface area contributed by atoms with Gasteiger partial charge in [0.05, 0.1) is 16.8 Å². The van der Waals surface area contributed by atoms with Crippen LogP contribution in [0.4, 0.5) is 18.7 Å². The van der Waals surface area contributed by atoms with Crippen molar-refractivity contribution in [3.05, 3.63) is 46.5 Å². The van der Waals surface area contributed by atoms with Crippen LogP contribution in [0.15, 0.2) is 34.9 Å². The fourth-order valence-corrected chi connectivity index (χ4v) is 3.28. The largest absolute Gasteiger partial charge is 0.330 e. The maximum absolute atomic E-state index is 13.6. The van der Waals surface area contributed by atoms with E-state index in [9.17, 15) is 13.6 Å². The number of urea groups is 1. The molecule has 1 aromatic carbocycles. The lowest BCUT2D eigenvalue weighted by Gasteiger charge is -2.20. The first kappa shape index (κ1) is 16.4. The Morgan fingerprint density at radius 3 is 2.96 bits per heavy atom. The summed E-state index contributed by atoms with van der Waals surface area (Å²) in [6, 6.07) is 2.74. The SMILES string of the molecule is N#CC1=CC=C(Cl)C(NC(=O)Nc2nc3c(F)cc(F)cc3s2)C1. The minimum Gasteiger partial charge on any atom is -0.330 e. The molecule has 0 radical (unpaired) electrons. The number of allylic oxidation sites excluding steroid dienone is 2. The van der Waals surface area contributed by atoms with Crippen LogP contribution in [0.5, 0.6) is 0 Å². The summed E-state index contributed by atoms with van der Waals surface area (Å²) < 4.78 is 27.1. The van der Waals surface area contributed by atoms with E-state index in [-0.39, 0.29) is 21.8 Å². The van der Waals surface area contributed by atoms with Crippen molar-refractivity contribution in [2.45, 2.75) is 12.5 Å². The summed E-state index contributed by atoms with van der Waals surface area (Å²) in [6.45, 7) is 0. The lowest BCUT2D eigenvalue weighted by molar-refractivity contribution is 0.250. The smallest absolute Gasteiger partial charge is 0.321 e. The van der Waals surface area contributed by atoms with E-state index in [1.54, 1.807) is 12.2 Å². The van der Waals surface area contributed by atoms with Gasteiger partial charge in [-0.25, -0.2) is 18.6 Å². The van der Waals surface area contributed by atoms with Gasteiger partial charge in [0.1, 0.15) is 11.3 Å². The van der Waals surface area contributed by atoms with Gasteiger partial charge in [-0.2, -0.15) is 5.26 Å². The molecule has 0 spiro atoms. The molecule has 0 aliphatic heterocycles. The Kier molecular flexibility index (Phi) is 4.46. The third kappa shape index (κ3) is 3.37. The van der Waals surface area contributed by atoms with Crippen LogP contribution >= 0.6 is 22.9 Å². The summed E-state index contributed by atoms with van der Waals surface area (Å²) in [6.07, 6.45) is 3.41. The number of halogens is 3. The van der Waals surface area contributed by atoms with Crippen molar-refractivity contribution in [2.75, 3.05) is 5.32 Å². The first-order valence-electron chi connectivity index (χ1n) is 6.75. The summed E-state index contributed by atoms with van der Waals surface area (Å²) in [5, 5.41) is 14.5. The van der Waals surface area contributed by atoms with Gasteiger partial charge in [0, 0.05) is 23.1 Å². The molecule has 1 aliphatic carbocycles. The highest BCUT2D eigenvalue weighted by Crippen LogP contribution is 2.29. The number of nitrogens with one attached hydrogen (secondary N) is 2. The monoisotopic (exact) mass is 366 g/mol. The van der Waals surface area contributed by atoms with Gasteiger partial charge in [0.2, 0.25) is 0 Å². The van der Waals surface area contributed by atoms with E-state index < -0.39 is 23.7 Å². The van der Waals surface area contributed by atoms with Gasteiger partial charge in [0.25, 0.3) is 0 Å². The van der Waals surface area contributed by atoms with Crippen LogP contribution in [-0.4, -0.2) is 17.1 Å². The molecule has 122 valence electrons. The van der Waals surface area contributed by atoms with Crippen LogP contribution in [0.2, 0.25) is 0 Å². The average Bonchev–Trinajstić information content (AvgIpc) is 2.92. The van der Waals surface area contributed by atoms with Crippen molar-refractivity contribution in [1.29, 1.82) is 5.26 Å². The van der Waals surface area contributed by atoms with Crippen LogP contribution in [0.25, 0.3) is 10.2 Å². The Bertz CT molecular complexity index is 931. The molecule has 1 heterocycles. The van der Waals surface area contributed by atoms with E-state index in [1.165, 1.54) is 0 Å². The van der Waals surface area contributed by atoms with E-state index in [4.69, 9.17) is 16.9 Å². The molecular weight excluding hydrogens is 358 g/mol. The summed E-state index contributed by atoms with van der Waals surface area (Å²) in [7, 11) is 0. The van der Waals surface area contributed by atoms with Crippen LogP contribution in [-0.2, 0) is 0 Å². The summed E-state index contributed by atoms with van der Waals surface area (Å²) in [4.78, 5) is 16.0. The minimum atomic E-state index is -0.795. The second-order valence-electron chi connectivity index (χ2n) is 4.96.